The van der Waals surface area contributed by atoms with Gasteiger partial charge in [-0.3, -0.25) is 14.4 Å². The minimum Gasteiger partial charge on any atom is -0.427 e. The minimum atomic E-state index is -0.446. The number of halogens is 1. The third-order valence-corrected chi connectivity index (χ3v) is 4.53. The second kappa shape index (κ2) is 8.65. The Morgan fingerprint density at radius 2 is 1.61 bits per heavy atom. The third kappa shape index (κ3) is 4.94. The maximum Gasteiger partial charge on any atom is 0.308 e. The molecule has 1 saturated heterocycles. The highest BCUT2D eigenvalue weighted by molar-refractivity contribution is 5.95. The van der Waals surface area contributed by atoms with Crippen molar-refractivity contribution in [2.75, 3.05) is 26.2 Å². The average Bonchev–Trinajstić information content (AvgIpc) is 2.69. The Kier molecular flexibility index (Phi) is 6.03. The largest absolute Gasteiger partial charge is 0.427 e. The van der Waals surface area contributed by atoms with Crippen LogP contribution in [-0.2, 0) is 16.0 Å². The predicted molar refractivity (Wildman–Crippen MR) is 100 cm³/mol. The molecule has 0 saturated carbocycles. The summed E-state index contributed by atoms with van der Waals surface area (Å²) in [5, 5.41) is 0. The lowest BCUT2D eigenvalue weighted by Crippen LogP contribution is -2.51. The lowest BCUT2D eigenvalue weighted by molar-refractivity contribution is -0.132. The molecule has 28 heavy (non-hydrogen) atoms. The van der Waals surface area contributed by atoms with Gasteiger partial charge in [-0.2, -0.15) is 0 Å². The van der Waals surface area contributed by atoms with Crippen molar-refractivity contribution in [1.82, 2.24) is 9.80 Å². The Bertz CT molecular complexity index is 874. The van der Waals surface area contributed by atoms with Crippen LogP contribution in [0.3, 0.4) is 0 Å². The summed E-state index contributed by atoms with van der Waals surface area (Å²) in [6.07, 6.45) is 0.207. The summed E-state index contributed by atoms with van der Waals surface area (Å²) < 4.78 is 18.0. The van der Waals surface area contributed by atoms with Gasteiger partial charge >= 0.3 is 5.97 Å². The molecule has 146 valence electrons. The van der Waals surface area contributed by atoms with Gasteiger partial charge in [0.25, 0.3) is 5.91 Å². The molecule has 2 amide bonds. The van der Waals surface area contributed by atoms with E-state index in [0.29, 0.717) is 37.5 Å². The van der Waals surface area contributed by atoms with E-state index in [-0.39, 0.29) is 24.1 Å². The van der Waals surface area contributed by atoms with Crippen molar-refractivity contribution in [2.45, 2.75) is 13.3 Å². The van der Waals surface area contributed by atoms with Crippen LogP contribution in [0.1, 0.15) is 22.8 Å². The first-order valence-electron chi connectivity index (χ1n) is 9.02. The second-order valence-corrected chi connectivity index (χ2v) is 6.60. The van der Waals surface area contributed by atoms with Gasteiger partial charge in [-0.1, -0.05) is 18.2 Å². The van der Waals surface area contributed by atoms with Gasteiger partial charge < -0.3 is 14.5 Å². The van der Waals surface area contributed by atoms with Crippen LogP contribution >= 0.6 is 0 Å². The maximum atomic E-state index is 13.0. The lowest BCUT2D eigenvalue weighted by atomic mass is 10.1. The number of carbonyl (C=O) groups excluding carboxylic acids is 3. The number of carbonyl (C=O) groups is 3. The highest BCUT2D eigenvalue weighted by atomic mass is 19.1. The molecule has 1 heterocycles. The molecule has 1 fully saturated rings. The smallest absolute Gasteiger partial charge is 0.308 e. The molecular formula is C21H21FN2O4. The molecule has 0 N–H and O–H groups in total. The van der Waals surface area contributed by atoms with Gasteiger partial charge in [-0.15, -0.1) is 0 Å². The van der Waals surface area contributed by atoms with Gasteiger partial charge in [0, 0.05) is 38.7 Å². The molecular weight excluding hydrogens is 363 g/mol. The van der Waals surface area contributed by atoms with Gasteiger partial charge in [0.15, 0.2) is 0 Å². The topological polar surface area (TPSA) is 66.9 Å². The van der Waals surface area contributed by atoms with Crippen molar-refractivity contribution in [2.24, 2.45) is 0 Å². The molecule has 0 radical (unpaired) electrons. The fourth-order valence-corrected chi connectivity index (χ4v) is 3.09. The molecule has 0 unspecified atom stereocenters. The molecule has 0 bridgehead atoms. The number of amides is 2. The van der Waals surface area contributed by atoms with E-state index < -0.39 is 5.97 Å². The molecule has 2 aromatic rings. The zero-order valence-electron chi connectivity index (χ0n) is 15.6. The number of nitrogens with zero attached hydrogens (tertiary/aromatic N) is 2. The number of esters is 1. The van der Waals surface area contributed by atoms with Crippen molar-refractivity contribution < 1.29 is 23.5 Å². The first kappa shape index (κ1) is 19.5. The minimum absolute atomic E-state index is 0.0458. The fraction of sp³-hybridized carbons (Fsp3) is 0.286. The normalized spacial score (nSPS) is 13.9. The van der Waals surface area contributed by atoms with E-state index in [1.807, 2.05) is 0 Å². The van der Waals surface area contributed by atoms with Gasteiger partial charge in [0.2, 0.25) is 5.91 Å². The maximum absolute atomic E-state index is 13.0. The first-order valence-corrected chi connectivity index (χ1v) is 9.02. The molecule has 3 rings (SSSR count). The number of hydrogen-bond donors (Lipinski definition) is 0. The average molecular weight is 384 g/mol. The molecule has 0 atom stereocenters. The SMILES string of the molecule is CC(=O)Oc1cccc(C(=O)N2CCN(C(=O)Cc3ccc(F)cc3)CC2)c1. The summed E-state index contributed by atoms with van der Waals surface area (Å²) in [5.74, 6) is -0.666. The Morgan fingerprint density at radius 1 is 0.964 bits per heavy atom. The van der Waals surface area contributed by atoms with E-state index in [2.05, 4.69) is 0 Å². The summed E-state index contributed by atoms with van der Waals surface area (Å²) in [6, 6.07) is 12.4. The van der Waals surface area contributed by atoms with Crippen molar-refractivity contribution in [3.8, 4) is 5.75 Å². The molecule has 6 nitrogen and oxygen atoms in total. The second-order valence-electron chi connectivity index (χ2n) is 6.60. The van der Waals surface area contributed by atoms with E-state index in [1.54, 1.807) is 40.1 Å². The molecule has 0 spiro atoms. The number of ether oxygens (including phenoxy) is 1. The van der Waals surface area contributed by atoms with Crippen LogP contribution in [0.5, 0.6) is 5.75 Å². The van der Waals surface area contributed by atoms with E-state index in [1.165, 1.54) is 25.1 Å². The van der Waals surface area contributed by atoms with Crippen molar-refractivity contribution in [1.29, 1.82) is 0 Å². The molecule has 1 aliphatic heterocycles. The summed E-state index contributed by atoms with van der Waals surface area (Å²) >= 11 is 0. The highest BCUT2D eigenvalue weighted by Crippen LogP contribution is 2.17. The zero-order chi connectivity index (χ0) is 20.1. The Morgan fingerprint density at radius 3 is 2.25 bits per heavy atom. The Labute approximate surface area is 162 Å². The van der Waals surface area contributed by atoms with Crippen LogP contribution in [0.4, 0.5) is 4.39 Å². The quantitative estimate of drug-likeness (QED) is 0.599. The molecule has 2 aromatic carbocycles. The van der Waals surface area contributed by atoms with Crippen LogP contribution in [-0.4, -0.2) is 53.8 Å². The summed E-state index contributed by atoms with van der Waals surface area (Å²) in [4.78, 5) is 39.6. The molecule has 7 heteroatoms. The first-order chi connectivity index (χ1) is 13.4. The van der Waals surface area contributed by atoms with Gasteiger partial charge in [0.05, 0.1) is 6.42 Å². The fourth-order valence-electron chi connectivity index (χ4n) is 3.09. The van der Waals surface area contributed by atoms with Gasteiger partial charge in [-0.25, -0.2) is 4.39 Å². The monoisotopic (exact) mass is 384 g/mol. The summed E-state index contributed by atoms with van der Waals surface area (Å²) in [5.41, 5.74) is 1.19. The van der Waals surface area contributed by atoms with Crippen molar-refractivity contribution in [3.05, 3.63) is 65.5 Å². The zero-order valence-corrected chi connectivity index (χ0v) is 15.6. The van der Waals surface area contributed by atoms with E-state index in [4.69, 9.17) is 4.74 Å². The molecule has 0 aliphatic carbocycles. The Balaban J connectivity index is 1.55. The van der Waals surface area contributed by atoms with Gasteiger partial charge in [-0.05, 0) is 35.9 Å². The van der Waals surface area contributed by atoms with Crippen LogP contribution in [0.15, 0.2) is 48.5 Å². The number of benzene rings is 2. The summed E-state index contributed by atoms with van der Waals surface area (Å²) in [6.45, 7) is 3.03. The number of piperazine rings is 1. The lowest BCUT2D eigenvalue weighted by Gasteiger charge is -2.35. The van der Waals surface area contributed by atoms with Crippen LogP contribution in [0.25, 0.3) is 0 Å². The highest BCUT2D eigenvalue weighted by Gasteiger charge is 2.25. The standard InChI is InChI=1S/C21H21FN2O4/c1-15(25)28-19-4-2-3-17(14-19)21(27)24-11-9-23(10-12-24)20(26)13-16-5-7-18(22)8-6-16/h2-8,14H,9-13H2,1H3. The van der Waals surface area contributed by atoms with Crippen molar-refractivity contribution >= 4 is 17.8 Å². The summed E-state index contributed by atoms with van der Waals surface area (Å²) in [7, 11) is 0. The Hall–Kier alpha value is -3.22. The third-order valence-electron chi connectivity index (χ3n) is 4.53. The number of hydrogen-bond acceptors (Lipinski definition) is 4. The van der Waals surface area contributed by atoms with E-state index >= 15 is 0 Å². The van der Waals surface area contributed by atoms with Gasteiger partial charge in [0.1, 0.15) is 11.6 Å². The molecule has 1 aliphatic rings. The number of rotatable bonds is 4. The van der Waals surface area contributed by atoms with Crippen molar-refractivity contribution in [3.63, 3.8) is 0 Å². The van der Waals surface area contributed by atoms with Crippen LogP contribution < -0.4 is 4.74 Å². The van der Waals surface area contributed by atoms with E-state index in [9.17, 15) is 18.8 Å². The van der Waals surface area contributed by atoms with E-state index in [0.717, 1.165) is 5.56 Å². The predicted octanol–water partition coefficient (Wildman–Crippen LogP) is 2.28. The van der Waals surface area contributed by atoms with Crippen LogP contribution in [0, 0.1) is 5.82 Å². The molecule has 0 aromatic heterocycles. The van der Waals surface area contributed by atoms with Crippen LogP contribution in [0.2, 0.25) is 0 Å².